The Morgan fingerprint density at radius 1 is 1.21 bits per heavy atom. The van der Waals surface area contributed by atoms with E-state index in [1.54, 1.807) is 18.2 Å². The van der Waals surface area contributed by atoms with Crippen LogP contribution in [-0.4, -0.2) is 41.8 Å². The molecule has 0 spiro atoms. The normalized spacial score (nSPS) is 18.4. The minimum Gasteiger partial charge on any atom is -0.406 e. The Kier molecular flexibility index (Phi) is 8.86. The van der Waals surface area contributed by atoms with Gasteiger partial charge in [0.15, 0.2) is 0 Å². The summed E-state index contributed by atoms with van der Waals surface area (Å²) in [5.41, 5.74) is 4.10. The van der Waals surface area contributed by atoms with Crippen molar-refractivity contribution in [1.82, 2.24) is 15.2 Å². The second-order valence-corrected chi connectivity index (χ2v) is 9.37. The zero-order valence-electron chi connectivity index (χ0n) is 20.7. The Morgan fingerprint density at radius 2 is 1.97 bits per heavy atom. The van der Waals surface area contributed by atoms with Crippen molar-refractivity contribution >= 4 is 23.6 Å². The van der Waals surface area contributed by atoms with Gasteiger partial charge in [0.1, 0.15) is 10.9 Å². The average molecular weight is 542 g/mol. The molecule has 5 nitrogen and oxygen atoms in total. The van der Waals surface area contributed by atoms with Crippen molar-refractivity contribution in [3.05, 3.63) is 112 Å². The zero-order chi connectivity index (χ0) is 27.1. The van der Waals surface area contributed by atoms with Crippen molar-refractivity contribution in [2.75, 3.05) is 19.6 Å². The maximum Gasteiger partial charge on any atom is 0.573 e. The Hall–Kier alpha value is -3.62. The smallest absolute Gasteiger partial charge is 0.406 e. The van der Waals surface area contributed by atoms with E-state index in [-0.39, 0.29) is 22.7 Å². The molecular weight excluding hydrogens is 515 g/mol. The minimum absolute atomic E-state index is 0.231. The topological polar surface area (TPSA) is 54.5 Å². The molecule has 0 fully saturated rings. The van der Waals surface area contributed by atoms with E-state index in [0.29, 0.717) is 12.1 Å². The van der Waals surface area contributed by atoms with Crippen LogP contribution >= 0.6 is 11.6 Å². The van der Waals surface area contributed by atoms with Crippen molar-refractivity contribution < 1.29 is 22.7 Å². The molecule has 1 aromatic heterocycles. The number of aromatic nitrogens is 1. The van der Waals surface area contributed by atoms with Gasteiger partial charge in [0.05, 0.1) is 0 Å². The van der Waals surface area contributed by atoms with Gasteiger partial charge in [-0.3, -0.25) is 9.69 Å². The first-order valence-corrected chi connectivity index (χ1v) is 12.5. The predicted octanol–water partition coefficient (Wildman–Crippen LogP) is 6.73. The van der Waals surface area contributed by atoms with E-state index in [1.807, 2.05) is 24.3 Å². The molecule has 1 aliphatic heterocycles. The number of ether oxygens (including phenoxy) is 1. The molecular formula is C29H27ClF3N3O2. The van der Waals surface area contributed by atoms with Crippen LogP contribution in [0.1, 0.15) is 29.3 Å². The Labute approximate surface area is 224 Å². The van der Waals surface area contributed by atoms with Gasteiger partial charge in [0.25, 0.3) is 5.91 Å². The quantitative estimate of drug-likeness (QED) is 0.395. The molecule has 0 bridgehead atoms. The van der Waals surface area contributed by atoms with E-state index >= 15 is 0 Å². The molecule has 2 heterocycles. The molecule has 1 aromatic carbocycles. The number of nitrogens with one attached hydrogen (secondary N) is 1. The number of amides is 1. The molecule has 4 rings (SSSR count). The summed E-state index contributed by atoms with van der Waals surface area (Å²) >= 11 is 5.95. The Morgan fingerprint density at radius 3 is 2.66 bits per heavy atom. The second-order valence-electron chi connectivity index (χ2n) is 8.98. The SMILES string of the molecule is CC1C=CC(NC(=O)c2ccnc(Cl)c2)=C(C2=CCN(C/C=C/c3ccc(OC(F)(F)F)cc3)CC2)C=C1. The van der Waals surface area contributed by atoms with Crippen molar-refractivity contribution in [2.45, 2.75) is 19.7 Å². The third kappa shape index (κ3) is 7.94. The fraction of sp³-hybridized carbons (Fsp3) is 0.241. The van der Waals surface area contributed by atoms with Gasteiger partial charge in [-0.1, -0.05) is 67.1 Å². The molecule has 1 amide bonds. The van der Waals surface area contributed by atoms with Crippen LogP contribution in [0.2, 0.25) is 5.15 Å². The number of hydrogen-bond acceptors (Lipinski definition) is 4. The number of hydrogen-bond donors (Lipinski definition) is 1. The lowest BCUT2D eigenvalue weighted by atomic mass is 9.96. The molecule has 1 unspecified atom stereocenters. The van der Waals surface area contributed by atoms with Gasteiger partial charge in [0, 0.05) is 42.7 Å². The highest BCUT2D eigenvalue weighted by Gasteiger charge is 2.30. The van der Waals surface area contributed by atoms with Crippen LogP contribution < -0.4 is 10.1 Å². The Balaban J connectivity index is 1.40. The summed E-state index contributed by atoms with van der Waals surface area (Å²) in [6.45, 7) is 4.34. The van der Waals surface area contributed by atoms with Crippen LogP contribution in [0, 0.1) is 5.92 Å². The number of carbonyl (C=O) groups excluding carboxylic acids is 1. The van der Waals surface area contributed by atoms with E-state index in [0.717, 1.165) is 41.9 Å². The van der Waals surface area contributed by atoms with Crippen LogP contribution in [0.25, 0.3) is 6.08 Å². The van der Waals surface area contributed by atoms with Gasteiger partial charge in [-0.25, -0.2) is 4.98 Å². The first-order chi connectivity index (χ1) is 18.2. The standard InChI is InChI=1S/C29H27ClF3N3O2/c1-20-4-10-25(26(11-5-20)35-28(37)23-12-15-34-27(30)19-23)22-13-17-36(18-14-22)16-2-3-21-6-8-24(9-7-21)38-29(31,32)33/h2-13,15,19-20H,14,16-18H2,1H3,(H,35,37)/b3-2+. The number of pyridine rings is 1. The minimum atomic E-state index is -4.70. The van der Waals surface area contributed by atoms with Gasteiger partial charge in [-0.2, -0.15) is 0 Å². The summed E-state index contributed by atoms with van der Waals surface area (Å²) in [6, 6.07) is 8.92. The van der Waals surface area contributed by atoms with Gasteiger partial charge >= 0.3 is 6.36 Å². The fourth-order valence-corrected chi connectivity index (χ4v) is 4.28. The molecule has 38 heavy (non-hydrogen) atoms. The highest BCUT2D eigenvalue weighted by molar-refractivity contribution is 6.29. The van der Waals surface area contributed by atoms with Crippen LogP contribution in [0.4, 0.5) is 13.2 Å². The van der Waals surface area contributed by atoms with Crippen LogP contribution in [-0.2, 0) is 0 Å². The number of allylic oxidation sites excluding steroid dienone is 5. The summed E-state index contributed by atoms with van der Waals surface area (Å²) < 4.78 is 40.8. The van der Waals surface area contributed by atoms with Crippen LogP contribution in [0.15, 0.2) is 95.9 Å². The number of halogens is 4. The van der Waals surface area contributed by atoms with Gasteiger partial charge in [0.2, 0.25) is 0 Å². The third-order valence-corrected chi connectivity index (χ3v) is 6.29. The van der Waals surface area contributed by atoms with Crippen molar-refractivity contribution in [3.63, 3.8) is 0 Å². The number of benzene rings is 1. The van der Waals surface area contributed by atoms with Gasteiger partial charge < -0.3 is 10.1 Å². The van der Waals surface area contributed by atoms with E-state index in [2.05, 4.69) is 45.1 Å². The van der Waals surface area contributed by atoms with Crippen molar-refractivity contribution in [3.8, 4) is 5.75 Å². The average Bonchev–Trinajstić information content (AvgIpc) is 3.06. The fourth-order valence-electron chi connectivity index (χ4n) is 4.11. The molecule has 2 aromatic rings. The Bertz CT molecular complexity index is 1310. The van der Waals surface area contributed by atoms with E-state index in [4.69, 9.17) is 11.6 Å². The number of rotatable bonds is 7. The van der Waals surface area contributed by atoms with E-state index < -0.39 is 6.36 Å². The lowest BCUT2D eigenvalue weighted by Crippen LogP contribution is -2.30. The molecule has 2 aliphatic rings. The maximum absolute atomic E-state index is 12.9. The van der Waals surface area contributed by atoms with Crippen molar-refractivity contribution in [1.29, 1.82) is 0 Å². The first-order valence-electron chi connectivity index (χ1n) is 12.1. The third-order valence-electron chi connectivity index (χ3n) is 6.09. The van der Waals surface area contributed by atoms with Gasteiger partial charge in [-0.15, -0.1) is 13.2 Å². The van der Waals surface area contributed by atoms with Crippen molar-refractivity contribution in [2.24, 2.45) is 5.92 Å². The second kappa shape index (κ2) is 12.3. The molecule has 0 saturated heterocycles. The number of alkyl halides is 3. The molecule has 1 aliphatic carbocycles. The molecule has 1 atom stereocenters. The van der Waals surface area contributed by atoms with Crippen LogP contribution in [0.5, 0.6) is 5.75 Å². The lowest BCUT2D eigenvalue weighted by molar-refractivity contribution is -0.274. The van der Waals surface area contributed by atoms with Crippen LogP contribution in [0.3, 0.4) is 0 Å². The maximum atomic E-state index is 12.9. The summed E-state index contributed by atoms with van der Waals surface area (Å²) in [7, 11) is 0. The number of nitrogens with zero attached hydrogens (tertiary/aromatic N) is 2. The summed E-state index contributed by atoms with van der Waals surface area (Å²) in [4.78, 5) is 19.1. The highest BCUT2D eigenvalue weighted by atomic mass is 35.5. The predicted molar refractivity (Wildman–Crippen MR) is 142 cm³/mol. The molecule has 1 N–H and O–H groups in total. The monoisotopic (exact) mass is 541 g/mol. The molecule has 198 valence electrons. The summed E-state index contributed by atoms with van der Waals surface area (Å²) in [5, 5.41) is 3.29. The largest absolute Gasteiger partial charge is 0.573 e. The zero-order valence-corrected chi connectivity index (χ0v) is 21.5. The lowest BCUT2D eigenvalue weighted by Gasteiger charge is -2.26. The van der Waals surface area contributed by atoms with E-state index in [1.165, 1.54) is 24.4 Å². The summed E-state index contributed by atoms with van der Waals surface area (Å²) in [5.74, 6) is -0.264. The first kappa shape index (κ1) is 27.4. The van der Waals surface area contributed by atoms with Gasteiger partial charge in [-0.05, 0) is 53.8 Å². The highest BCUT2D eigenvalue weighted by Crippen LogP contribution is 2.27. The molecule has 0 saturated carbocycles. The molecule has 0 radical (unpaired) electrons. The number of carbonyl (C=O) groups is 1. The van der Waals surface area contributed by atoms with E-state index in [9.17, 15) is 18.0 Å². The molecule has 9 heteroatoms. The summed E-state index contributed by atoms with van der Waals surface area (Å²) in [6.07, 6.45) is 11.8.